The van der Waals surface area contributed by atoms with Crippen LogP contribution in [-0.4, -0.2) is 42.5 Å². The normalized spacial score (nSPS) is 12.4. The minimum atomic E-state index is -0.208. The molecular weight excluding hydrogens is 273 g/mol. The van der Waals surface area contributed by atoms with Gasteiger partial charge in [-0.05, 0) is 37.8 Å². The van der Waals surface area contributed by atoms with Crippen LogP contribution in [0, 0.1) is 5.82 Å². The third-order valence-electron chi connectivity index (χ3n) is 3.13. The molecule has 1 aromatic carbocycles. The average Bonchev–Trinajstić information content (AvgIpc) is 2.42. The second-order valence-electron chi connectivity index (χ2n) is 5.35. The zero-order valence-electron chi connectivity index (χ0n) is 12.9. The van der Waals surface area contributed by atoms with Crippen LogP contribution in [0.2, 0.25) is 0 Å². The SMILES string of the molecule is CN=C(NCC(C)(C)SC)N(C)Cc1ccc(F)cc1. The molecular formula is C15H24FN3S. The molecule has 0 radical (unpaired) electrons. The highest BCUT2D eigenvalue weighted by molar-refractivity contribution is 7.99. The van der Waals surface area contributed by atoms with Crippen molar-refractivity contribution in [2.24, 2.45) is 4.99 Å². The van der Waals surface area contributed by atoms with Crippen molar-refractivity contribution in [2.45, 2.75) is 25.1 Å². The van der Waals surface area contributed by atoms with Crippen LogP contribution in [0.25, 0.3) is 0 Å². The van der Waals surface area contributed by atoms with Crippen LogP contribution >= 0.6 is 11.8 Å². The largest absolute Gasteiger partial charge is 0.355 e. The highest BCUT2D eigenvalue weighted by Crippen LogP contribution is 2.19. The number of rotatable bonds is 5. The fraction of sp³-hybridized carbons (Fsp3) is 0.533. The minimum Gasteiger partial charge on any atom is -0.355 e. The van der Waals surface area contributed by atoms with Gasteiger partial charge in [-0.2, -0.15) is 11.8 Å². The highest BCUT2D eigenvalue weighted by atomic mass is 32.2. The molecule has 0 saturated heterocycles. The van der Waals surface area contributed by atoms with Crippen LogP contribution in [0.15, 0.2) is 29.3 Å². The van der Waals surface area contributed by atoms with E-state index in [9.17, 15) is 4.39 Å². The van der Waals surface area contributed by atoms with Gasteiger partial charge in [-0.3, -0.25) is 4.99 Å². The molecule has 0 saturated carbocycles. The van der Waals surface area contributed by atoms with Crippen LogP contribution in [0.3, 0.4) is 0 Å². The lowest BCUT2D eigenvalue weighted by molar-refractivity contribution is 0.471. The molecule has 112 valence electrons. The molecule has 1 aromatic rings. The lowest BCUT2D eigenvalue weighted by atomic mass is 10.2. The van der Waals surface area contributed by atoms with Gasteiger partial charge in [0, 0.05) is 31.9 Å². The number of nitrogens with one attached hydrogen (secondary N) is 1. The van der Waals surface area contributed by atoms with Crippen molar-refractivity contribution in [2.75, 3.05) is 26.9 Å². The van der Waals surface area contributed by atoms with Gasteiger partial charge in [0.25, 0.3) is 0 Å². The molecule has 0 aromatic heterocycles. The molecule has 0 fully saturated rings. The van der Waals surface area contributed by atoms with Crippen LogP contribution in [0.4, 0.5) is 4.39 Å². The Morgan fingerprint density at radius 1 is 1.35 bits per heavy atom. The number of hydrogen-bond donors (Lipinski definition) is 1. The summed E-state index contributed by atoms with van der Waals surface area (Å²) in [5.41, 5.74) is 1.06. The van der Waals surface area contributed by atoms with Gasteiger partial charge >= 0.3 is 0 Å². The van der Waals surface area contributed by atoms with Crippen molar-refractivity contribution in [3.8, 4) is 0 Å². The monoisotopic (exact) mass is 297 g/mol. The average molecular weight is 297 g/mol. The molecule has 0 unspecified atom stereocenters. The highest BCUT2D eigenvalue weighted by Gasteiger charge is 2.17. The van der Waals surface area contributed by atoms with E-state index in [4.69, 9.17) is 0 Å². The summed E-state index contributed by atoms with van der Waals surface area (Å²) in [6, 6.07) is 6.56. The Balaban J connectivity index is 2.59. The summed E-state index contributed by atoms with van der Waals surface area (Å²) in [4.78, 5) is 6.32. The maximum absolute atomic E-state index is 12.9. The fourth-order valence-electron chi connectivity index (χ4n) is 1.69. The molecule has 0 amide bonds. The number of benzene rings is 1. The summed E-state index contributed by atoms with van der Waals surface area (Å²) in [6.45, 7) is 5.92. The second-order valence-corrected chi connectivity index (χ2v) is 6.86. The Morgan fingerprint density at radius 2 is 1.95 bits per heavy atom. The maximum Gasteiger partial charge on any atom is 0.193 e. The molecule has 0 aliphatic heterocycles. The summed E-state index contributed by atoms with van der Waals surface area (Å²) >= 11 is 1.82. The Hall–Kier alpha value is -1.23. The van der Waals surface area contributed by atoms with Crippen molar-refractivity contribution in [3.05, 3.63) is 35.6 Å². The molecule has 1 N–H and O–H groups in total. The minimum absolute atomic E-state index is 0.159. The van der Waals surface area contributed by atoms with Gasteiger partial charge in [-0.1, -0.05) is 12.1 Å². The molecule has 0 aliphatic rings. The number of thioether (sulfide) groups is 1. The third kappa shape index (κ3) is 5.41. The topological polar surface area (TPSA) is 27.6 Å². The van der Waals surface area contributed by atoms with Crippen molar-refractivity contribution < 1.29 is 4.39 Å². The van der Waals surface area contributed by atoms with E-state index >= 15 is 0 Å². The van der Waals surface area contributed by atoms with Crippen molar-refractivity contribution in [1.29, 1.82) is 0 Å². The van der Waals surface area contributed by atoms with E-state index in [0.29, 0.717) is 6.54 Å². The predicted octanol–water partition coefficient (Wildman–Crippen LogP) is 2.97. The number of aliphatic imine (C=N–C) groups is 1. The predicted molar refractivity (Wildman–Crippen MR) is 86.8 cm³/mol. The molecule has 0 atom stereocenters. The molecule has 0 spiro atoms. The Labute approximate surface area is 125 Å². The van der Waals surface area contributed by atoms with Gasteiger partial charge in [-0.25, -0.2) is 4.39 Å². The summed E-state index contributed by atoms with van der Waals surface area (Å²) in [5.74, 6) is 0.636. The maximum atomic E-state index is 12.9. The molecule has 0 heterocycles. The van der Waals surface area contributed by atoms with Gasteiger partial charge < -0.3 is 10.2 Å². The van der Waals surface area contributed by atoms with Crippen LogP contribution in [0.1, 0.15) is 19.4 Å². The summed E-state index contributed by atoms with van der Waals surface area (Å²) in [5, 5.41) is 3.37. The van der Waals surface area contributed by atoms with Crippen molar-refractivity contribution >= 4 is 17.7 Å². The number of halogens is 1. The van der Waals surface area contributed by atoms with Crippen molar-refractivity contribution in [3.63, 3.8) is 0 Å². The quantitative estimate of drug-likeness (QED) is 0.669. The Morgan fingerprint density at radius 3 is 2.45 bits per heavy atom. The van der Waals surface area contributed by atoms with Crippen LogP contribution in [0.5, 0.6) is 0 Å². The molecule has 1 rings (SSSR count). The smallest absolute Gasteiger partial charge is 0.193 e. The molecule has 0 bridgehead atoms. The fourth-order valence-corrected chi connectivity index (χ4v) is 1.90. The van der Waals surface area contributed by atoms with Gasteiger partial charge in [0.05, 0.1) is 0 Å². The van der Waals surface area contributed by atoms with Crippen LogP contribution < -0.4 is 5.32 Å². The first-order chi connectivity index (χ1) is 9.38. The van der Waals surface area contributed by atoms with E-state index in [1.54, 1.807) is 19.2 Å². The molecule has 0 aliphatic carbocycles. The van der Waals surface area contributed by atoms with Gasteiger partial charge in [0.15, 0.2) is 5.96 Å². The van der Waals surface area contributed by atoms with E-state index in [0.717, 1.165) is 18.1 Å². The van der Waals surface area contributed by atoms with E-state index in [2.05, 4.69) is 30.4 Å². The lowest BCUT2D eigenvalue weighted by Crippen LogP contribution is -2.43. The first-order valence-corrected chi connectivity index (χ1v) is 7.82. The van der Waals surface area contributed by atoms with Crippen molar-refractivity contribution in [1.82, 2.24) is 10.2 Å². The lowest BCUT2D eigenvalue weighted by Gasteiger charge is -2.27. The van der Waals surface area contributed by atoms with E-state index in [1.807, 2.05) is 23.7 Å². The first kappa shape index (κ1) is 16.8. The molecule has 20 heavy (non-hydrogen) atoms. The van der Waals surface area contributed by atoms with E-state index in [-0.39, 0.29) is 10.6 Å². The summed E-state index contributed by atoms with van der Waals surface area (Å²) in [6.07, 6.45) is 2.10. The Kier molecular flexibility index (Phi) is 6.33. The zero-order valence-corrected chi connectivity index (χ0v) is 13.7. The number of nitrogens with zero attached hydrogens (tertiary/aromatic N) is 2. The number of guanidine groups is 1. The standard InChI is InChI=1S/C15H24FN3S/c1-15(2,20-5)11-18-14(17-3)19(4)10-12-6-8-13(16)9-7-12/h6-9H,10-11H2,1-5H3,(H,17,18). The molecule has 5 heteroatoms. The summed E-state index contributed by atoms with van der Waals surface area (Å²) in [7, 11) is 3.75. The summed E-state index contributed by atoms with van der Waals surface area (Å²) < 4.78 is 13.0. The first-order valence-electron chi connectivity index (χ1n) is 6.59. The zero-order chi connectivity index (χ0) is 15.2. The van der Waals surface area contributed by atoms with Gasteiger partial charge in [0.1, 0.15) is 5.82 Å². The van der Waals surface area contributed by atoms with Crippen LogP contribution in [-0.2, 0) is 6.54 Å². The van der Waals surface area contributed by atoms with E-state index < -0.39 is 0 Å². The van der Waals surface area contributed by atoms with Gasteiger partial charge in [0.2, 0.25) is 0 Å². The number of hydrogen-bond acceptors (Lipinski definition) is 2. The second kappa shape index (κ2) is 7.53. The van der Waals surface area contributed by atoms with E-state index in [1.165, 1.54) is 12.1 Å². The third-order valence-corrected chi connectivity index (χ3v) is 4.38. The Bertz CT molecular complexity index is 443. The molecule has 3 nitrogen and oxygen atoms in total. The van der Waals surface area contributed by atoms with Gasteiger partial charge in [-0.15, -0.1) is 0 Å².